The van der Waals surface area contributed by atoms with Crippen molar-refractivity contribution in [1.29, 1.82) is 0 Å². The number of aromatic nitrogens is 1. The third-order valence-corrected chi connectivity index (χ3v) is 5.50. The van der Waals surface area contributed by atoms with Gasteiger partial charge in [-0.3, -0.25) is 14.1 Å². The lowest BCUT2D eigenvalue weighted by molar-refractivity contribution is -0.143. The van der Waals surface area contributed by atoms with Gasteiger partial charge in [-0.1, -0.05) is 5.16 Å². The Labute approximate surface area is 151 Å². The normalized spacial score (nSPS) is 21.0. The van der Waals surface area contributed by atoms with E-state index in [1.165, 1.54) is 24.3 Å². The molecule has 1 aromatic heterocycles. The molecule has 0 bridgehead atoms. The molecule has 1 aliphatic rings. The maximum Gasteiger partial charge on any atom is 0.362 e. The second kappa shape index (κ2) is 7.55. The Hall–Kier alpha value is -1.90. The fraction of sp³-hybridized carbons (Fsp3) is 0.455. The minimum Gasteiger partial charge on any atom is -0.398 e. The van der Waals surface area contributed by atoms with Crippen molar-refractivity contribution >= 4 is 56.1 Å². The first kappa shape index (κ1) is 19.4. The minimum atomic E-state index is -4.70. The Morgan fingerprint density at radius 2 is 2.32 bits per heavy atom. The molecule has 2 rings (SSSR count). The molecule has 0 aromatic carbocycles. The van der Waals surface area contributed by atoms with Crippen LogP contribution in [0.5, 0.6) is 0 Å². The number of carbonyl (C=O) groups is 2. The lowest BCUT2D eigenvalue weighted by atomic mass is 10.0. The topological polar surface area (TPSA) is 164 Å². The highest BCUT2D eigenvalue weighted by molar-refractivity contribution is 7.98. The summed E-state index contributed by atoms with van der Waals surface area (Å²) in [5.41, 5.74) is 5.47. The van der Waals surface area contributed by atoms with E-state index >= 15 is 0 Å². The highest BCUT2D eigenvalue weighted by Gasteiger charge is 2.53. The number of hydrogen-bond donors (Lipinski definition) is 3. The van der Waals surface area contributed by atoms with Crippen LogP contribution in [0, 0.1) is 0 Å². The van der Waals surface area contributed by atoms with Crippen LogP contribution >= 0.6 is 23.1 Å². The maximum absolute atomic E-state index is 12.4. The summed E-state index contributed by atoms with van der Waals surface area (Å²) in [5.74, 6) is -1.53. The number of nitrogen functional groups attached to an aromatic ring is 1. The predicted molar refractivity (Wildman–Crippen MR) is 92.6 cm³/mol. The molecule has 0 radical (unpaired) electrons. The summed E-state index contributed by atoms with van der Waals surface area (Å²) >= 11 is 2.34. The zero-order valence-corrected chi connectivity index (χ0v) is 15.5. The standard InChI is InChI=1S/C11H15N5O6S3/c1-22-15-7(5-3-24-11(12)13-5)9(17)14-8-6(4-23-2)16(10(8)18)25(19,20)21/h3,6,8H,4H2,1-2H3,(H2,12,13)(H,14,17)(H,19,20,21)/t6-,8+/m1/s1. The van der Waals surface area contributed by atoms with Crippen LogP contribution in [0.4, 0.5) is 5.13 Å². The van der Waals surface area contributed by atoms with Gasteiger partial charge in [-0.05, 0) is 6.26 Å². The van der Waals surface area contributed by atoms with E-state index in [1.807, 2.05) is 0 Å². The van der Waals surface area contributed by atoms with Gasteiger partial charge in [0, 0.05) is 11.1 Å². The maximum atomic E-state index is 12.4. The quantitative estimate of drug-likeness (QED) is 0.220. The second-order valence-corrected chi connectivity index (χ2v) is 7.87. The number of anilines is 1. The van der Waals surface area contributed by atoms with E-state index in [4.69, 9.17) is 10.3 Å². The van der Waals surface area contributed by atoms with Gasteiger partial charge in [-0.2, -0.15) is 20.2 Å². The van der Waals surface area contributed by atoms with Crippen LogP contribution in [-0.2, 0) is 24.7 Å². The van der Waals surface area contributed by atoms with E-state index < -0.39 is 34.2 Å². The summed E-state index contributed by atoms with van der Waals surface area (Å²) in [5, 5.41) is 7.67. The number of nitrogens with one attached hydrogen (secondary N) is 1. The minimum absolute atomic E-state index is 0.154. The Bertz CT molecular complexity index is 807. The Morgan fingerprint density at radius 1 is 1.64 bits per heavy atom. The monoisotopic (exact) mass is 409 g/mol. The van der Waals surface area contributed by atoms with Gasteiger partial charge in [0.2, 0.25) is 0 Å². The Morgan fingerprint density at radius 3 is 2.80 bits per heavy atom. The van der Waals surface area contributed by atoms with Crippen molar-refractivity contribution in [1.82, 2.24) is 14.6 Å². The van der Waals surface area contributed by atoms with Crippen molar-refractivity contribution in [2.45, 2.75) is 12.1 Å². The first-order chi connectivity index (χ1) is 11.7. The molecule has 1 aromatic rings. The van der Waals surface area contributed by atoms with Crippen LogP contribution in [0.15, 0.2) is 10.5 Å². The highest BCUT2D eigenvalue weighted by Crippen LogP contribution is 2.26. The van der Waals surface area contributed by atoms with Crippen LogP contribution in [0.2, 0.25) is 0 Å². The molecule has 0 aliphatic carbocycles. The van der Waals surface area contributed by atoms with Gasteiger partial charge in [-0.15, -0.1) is 11.3 Å². The third kappa shape index (κ3) is 4.02. The van der Waals surface area contributed by atoms with E-state index in [9.17, 15) is 18.0 Å². The zero-order valence-electron chi connectivity index (χ0n) is 13.1. The SMILES string of the molecule is CON=C(C(=O)N[C@@H]1C(=O)N(S(=O)(=O)O)[C@@H]1CSC)c1csc(N)n1. The smallest absolute Gasteiger partial charge is 0.362 e. The molecule has 4 N–H and O–H groups in total. The van der Waals surface area contributed by atoms with Crippen molar-refractivity contribution in [2.75, 3.05) is 24.9 Å². The summed E-state index contributed by atoms with van der Waals surface area (Å²) in [6, 6.07) is -2.04. The molecule has 1 fully saturated rings. The average Bonchev–Trinajstić information content (AvgIpc) is 2.94. The van der Waals surface area contributed by atoms with Gasteiger partial charge in [0.05, 0.1) is 6.04 Å². The van der Waals surface area contributed by atoms with Crippen molar-refractivity contribution < 1.29 is 27.4 Å². The van der Waals surface area contributed by atoms with E-state index in [2.05, 4.69) is 20.3 Å². The Balaban J connectivity index is 2.20. The fourth-order valence-corrected chi connectivity index (χ4v) is 4.40. The van der Waals surface area contributed by atoms with Gasteiger partial charge in [-0.25, -0.2) is 9.29 Å². The number of nitrogens with two attached hydrogens (primary N) is 1. The number of β-lactam (4-membered cyclic amide) rings is 1. The van der Waals surface area contributed by atoms with Crippen molar-refractivity contribution in [2.24, 2.45) is 5.16 Å². The summed E-state index contributed by atoms with van der Waals surface area (Å²) in [4.78, 5) is 33.0. The number of hydrogen-bond acceptors (Lipinski definition) is 10. The first-order valence-corrected chi connectivity index (χ1v) is 10.3. The van der Waals surface area contributed by atoms with Crippen LogP contribution in [0.1, 0.15) is 5.69 Å². The summed E-state index contributed by atoms with van der Waals surface area (Å²) in [6.45, 7) is 0. The molecular formula is C11H15N5O6S3. The number of nitrogens with zero attached hydrogens (tertiary/aromatic N) is 3. The molecule has 11 nitrogen and oxygen atoms in total. The summed E-state index contributed by atoms with van der Waals surface area (Å²) in [6.07, 6.45) is 1.69. The molecule has 138 valence electrons. The number of thiazole rings is 1. The van der Waals surface area contributed by atoms with Gasteiger partial charge in [0.1, 0.15) is 18.8 Å². The largest absolute Gasteiger partial charge is 0.398 e. The molecule has 1 saturated heterocycles. The molecular weight excluding hydrogens is 394 g/mol. The average molecular weight is 409 g/mol. The highest BCUT2D eigenvalue weighted by atomic mass is 32.2. The predicted octanol–water partition coefficient (Wildman–Crippen LogP) is -1.06. The van der Waals surface area contributed by atoms with E-state index in [0.29, 0.717) is 4.31 Å². The first-order valence-electron chi connectivity index (χ1n) is 6.63. The number of rotatable bonds is 7. The van der Waals surface area contributed by atoms with Crippen molar-refractivity contribution in [3.05, 3.63) is 11.1 Å². The molecule has 25 heavy (non-hydrogen) atoms. The van der Waals surface area contributed by atoms with Crippen LogP contribution < -0.4 is 11.1 Å². The van der Waals surface area contributed by atoms with E-state index in [1.54, 1.807) is 6.26 Å². The van der Waals surface area contributed by atoms with Crippen molar-refractivity contribution in [3.63, 3.8) is 0 Å². The summed E-state index contributed by atoms with van der Waals surface area (Å²) < 4.78 is 32.0. The van der Waals surface area contributed by atoms with Crippen LogP contribution in [-0.4, -0.2) is 71.0 Å². The van der Waals surface area contributed by atoms with Crippen LogP contribution in [0.25, 0.3) is 0 Å². The van der Waals surface area contributed by atoms with E-state index in [-0.39, 0.29) is 22.3 Å². The molecule has 0 saturated carbocycles. The molecule has 0 unspecified atom stereocenters. The zero-order chi connectivity index (χ0) is 18.8. The van der Waals surface area contributed by atoms with Gasteiger partial charge in [0.25, 0.3) is 11.8 Å². The lowest BCUT2D eigenvalue weighted by Crippen LogP contribution is -2.73. The number of oxime groups is 1. The van der Waals surface area contributed by atoms with Gasteiger partial charge >= 0.3 is 10.3 Å². The van der Waals surface area contributed by atoms with Crippen molar-refractivity contribution in [3.8, 4) is 0 Å². The fourth-order valence-electron chi connectivity index (χ4n) is 2.20. The molecule has 2 amide bonds. The van der Waals surface area contributed by atoms with Crippen LogP contribution in [0.3, 0.4) is 0 Å². The van der Waals surface area contributed by atoms with E-state index in [0.717, 1.165) is 11.3 Å². The third-order valence-electron chi connectivity index (χ3n) is 3.20. The molecule has 1 aliphatic heterocycles. The lowest BCUT2D eigenvalue weighted by Gasteiger charge is -2.43. The molecule has 14 heteroatoms. The van der Waals surface area contributed by atoms with Gasteiger partial charge in [0.15, 0.2) is 10.8 Å². The van der Waals surface area contributed by atoms with Gasteiger partial charge < -0.3 is 15.9 Å². The number of amides is 2. The molecule has 2 heterocycles. The number of carbonyl (C=O) groups excluding carboxylic acids is 2. The summed E-state index contributed by atoms with van der Waals surface area (Å²) in [7, 11) is -3.47. The molecule has 0 spiro atoms. The number of thioether (sulfide) groups is 1. The molecule has 2 atom stereocenters. The second-order valence-electron chi connectivity index (χ2n) is 4.78. The Kier molecular flexibility index (Phi) is 5.87.